The van der Waals surface area contributed by atoms with Crippen molar-refractivity contribution in [1.82, 2.24) is 0 Å². The van der Waals surface area contributed by atoms with Gasteiger partial charge in [0.05, 0.1) is 12.7 Å². The van der Waals surface area contributed by atoms with Crippen LogP contribution in [0.4, 0.5) is 0 Å². The molecule has 2 atom stereocenters. The van der Waals surface area contributed by atoms with Gasteiger partial charge in [-0.3, -0.25) is 0 Å². The molecule has 0 amide bonds. The third-order valence-electron chi connectivity index (χ3n) is 3.71. The van der Waals surface area contributed by atoms with Crippen molar-refractivity contribution >= 4 is 11.8 Å². The van der Waals surface area contributed by atoms with Crippen molar-refractivity contribution in [1.29, 1.82) is 0 Å². The van der Waals surface area contributed by atoms with Crippen LogP contribution in [0.25, 0.3) is 0 Å². The quantitative estimate of drug-likeness (QED) is 0.612. The summed E-state index contributed by atoms with van der Waals surface area (Å²) in [7, 11) is 0. The van der Waals surface area contributed by atoms with Gasteiger partial charge in [0, 0.05) is 17.5 Å². The third kappa shape index (κ3) is 7.65. The first-order valence-corrected chi connectivity index (χ1v) is 8.95. The Morgan fingerprint density at radius 1 is 1.11 bits per heavy atom. The lowest BCUT2D eigenvalue weighted by molar-refractivity contribution is 0.0544. The molecule has 1 saturated heterocycles. The molecule has 2 unspecified atom stereocenters. The minimum atomic E-state index is 0.262. The number of unbranched alkanes of at least 4 members (excludes halogenated alkanes) is 7. The molecule has 0 aliphatic carbocycles. The summed E-state index contributed by atoms with van der Waals surface area (Å²) in [6.07, 6.45) is 12.5. The highest BCUT2D eigenvalue weighted by molar-refractivity contribution is 7.99. The van der Waals surface area contributed by atoms with Crippen molar-refractivity contribution in [2.75, 3.05) is 18.1 Å². The topological polar surface area (TPSA) is 35.2 Å². The van der Waals surface area contributed by atoms with Gasteiger partial charge in [0.25, 0.3) is 0 Å². The van der Waals surface area contributed by atoms with Crippen LogP contribution in [0.15, 0.2) is 0 Å². The van der Waals surface area contributed by atoms with Crippen LogP contribution in [0.5, 0.6) is 0 Å². The first kappa shape index (κ1) is 16.3. The van der Waals surface area contributed by atoms with Crippen molar-refractivity contribution in [3.05, 3.63) is 0 Å². The summed E-state index contributed by atoms with van der Waals surface area (Å²) < 4.78 is 5.72. The zero-order chi connectivity index (χ0) is 13.1. The Kier molecular flexibility index (Phi) is 10.1. The van der Waals surface area contributed by atoms with E-state index in [1.54, 1.807) is 0 Å². The van der Waals surface area contributed by atoms with Crippen molar-refractivity contribution in [3.8, 4) is 0 Å². The SMILES string of the molecule is CCCCCCCCCCC(N)C1CSCCO1. The smallest absolute Gasteiger partial charge is 0.0816 e. The van der Waals surface area contributed by atoms with Crippen molar-refractivity contribution < 1.29 is 4.74 Å². The molecule has 1 aliphatic rings. The second-order valence-electron chi connectivity index (χ2n) is 5.41. The summed E-state index contributed by atoms with van der Waals surface area (Å²) >= 11 is 1.98. The molecule has 3 heteroatoms. The number of thioether (sulfide) groups is 1. The van der Waals surface area contributed by atoms with E-state index in [1.807, 2.05) is 11.8 Å². The second-order valence-corrected chi connectivity index (χ2v) is 6.56. The highest BCUT2D eigenvalue weighted by atomic mass is 32.2. The molecule has 0 aromatic carbocycles. The maximum absolute atomic E-state index is 6.19. The largest absolute Gasteiger partial charge is 0.375 e. The molecule has 0 bridgehead atoms. The van der Waals surface area contributed by atoms with E-state index in [-0.39, 0.29) is 6.04 Å². The Hall–Kier alpha value is 0.270. The van der Waals surface area contributed by atoms with E-state index in [9.17, 15) is 0 Å². The standard InChI is InChI=1S/C15H31NOS/c1-2-3-4-5-6-7-8-9-10-14(16)15-13-18-12-11-17-15/h14-15H,2-13,16H2,1H3. The van der Waals surface area contributed by atoms with Gasteiger partial charge in [-0.05, 0) is 6.42 Å². The molecule has 0 radical (unpaired) electrons. The van der Waals surface area contributed by atoms with Crippen LogP contribution in [0.2, 0.25) is 0 Å². The lowest BCUT2D eigenvalue weighted by Gasteiger charge is -2.27. The van der Waals surface area contributed by atoms with Crippen LogP contribution >= 0.6 is 11.8 Å². The first-order chi connectivity index (χ1) is 8.84. The average Bonchev–Trinajstić information content (AvgIpc) is 2.42. The summed E-state index contributed by atoms with van der Waals surface area (Å²) in [5, 5.41) is 0. The summed E-state index contributed by atoms with van der Waals surface area (Å²) in [5.74, 6) is 2.24. The van der Waals surface area contributed by atoms with Crippen LogP contribution in [0.3, 0.4) is 0 Å². The monoisotopic (exact) mass is 273 g/mol. The molecule has 2 N–H and O–H groups in total. The minimum absolute atomic E-state index is 0.262. The summed E-state index contributed by atoms with van der Waals surface area (Å²) in [4.78, 5) is 0. The molecule has 0 aromatic rings. The highest BCUT2D eigenvalue weighted by Crippen LogP contribution is 2.18. The normalized spacial score (nSPS) is 22.0. The Labute approximate surface area is 117 Å². The number of hydrogen-bond acceptors (Lipinski definition) is 3. The van der Waals surface area contributed by atoms with Crippen molar-refractivity contribution in [2.24, 2.45) is 5.73 Å². The van der Waals surface area contributed by atoms with E-state index in [2.05, 4.69) is 6.92 Å². The van der Waals surface area contributed by atoms with Gasteiger partial charge in [0.15, 0.2) is 0 Å². The second kappa shape index (κ2) is 11.1. The summed E-state index contributed by atoms with van der Waals surface area (Å²) in [6, 6.07) is 0.262. The number of nitrogens with two attached hydrogens (primary N) is 1. The van der Waals surface area contributed by atoms with E-state index >= 15 is 0 Å². The van der Waals surface area contributed by atoms with Crippen LogP contribution in [-0.4, -0.2) is 30.3 Å². The Bertz CT molecular complexity index is 183. The maximum atomic E-state index is 6.19. The van der Waals surface area contributed by atoms with Crippen molar-refractivity contribution in [2.45, 2.75) is 76.9 Å². The lowest BCUT2D eigenvalue weighted by atomic mass is 10.0. The van der Waals surface area contributed by atoms with E-state index in [1.165, 1.54) is 51.4 Å². The molecule has 1 heterocycles. The van der Waals surface area contributed by atoms with Gasteiger partial charge in [-0.2, -0.15) is 11.8 Å². The molecule has 1 aliphatic heterocycles. The van der Waals surface area contributed by atoms with Crippen LogP contribution < -0.4 is 5.73 Å². The summed E-state index contributed by atoms with van der Waals surface area (Å²) in [5.41, 5.74) is 6.19. The molecule has 0 saturated carbocycles. The van der Waals surface area contributed by atoms with Gasteiger partial charge in [0.1, 0.15) is 0 Å². The summed E-state index contributed by atoms with van der Waals surface area (Å²) in [6.45, 7) is 3.16. The Morgan fingerprint density at radius 2 is 1.78 bits per heavy atom. The van der Waals surface area contributed by atoms with Crippen LogP contribution in [0.1, 0.15) is 64.7 Å². The molecular formula is C15H31NOS. The van der Waals surface area contributed by atoms with Gasteiger partial charge in [0.2, 0.25) is 0 Å². The van der Waals surface area contributed by atoms with E-state index in [0.717, 1.165) is 24.5 Å². The Balaban J connectivity index is 1.87. The van der Waals surface area contributed by atoms with Gasteiger partial charge >= 0.3 is 0 Å². The minimum Gasteiger partial charge on any atom is -0.375 e. The van der Waals surface area contributed by atoms with Crippen LogP contribution in [-0.2, 0) is 4.74 Å². The molecule has 1 fully saturated rings. The predicted octanol–water partition coefficient (Wildman–Crippen LogP) is 3.98. The lowest BCUT2D eigenvalue weighted by Crippen LogP contribution is -2.41. The van der Waals surface area contributed by atoms with E-state index < -0.39 is 0 Å². The molecule has 2 nitrogen and oxygen atoms in total. The van der Waals surface area contributed by atoms with E-state index in [4.69, 9.17) is 10.5 Å². The fraction of sp³-hybridized carbons (Fsp3) is 1.00. The zero-order valence-electron chi connectivity index (χ0n) is 12.0. The molecule has 0 spiro atoms. The van der Waals surface area contributed by atoms with Gasteiger partial charge < -0.3 is 10.5 Å². The average molecular weight is 273 g/mol. The van der Waals surface area contributed by atoms with Crippen LogP contribution in [0, 0.1) is 0 Å². The number of rotatable bonds is 10. The molecule has 18 heavy (non-hydrogen) atoms. The molecule has 1 rings (SSSR count). The third-order valence-corrected chi connectivity index (χ3v) is 4.73. The zero-order valence-corrected chi connectivity index (χ0v) is 12.9. The first-order valence-electron chi connectivity index (χ1n) is 7.79. The fourth-order valence-electron chi connectivity index (χ4n) is 2.45. The predicted molar refractivity (Wildman–Crippen MR) is 82.3 cm³/mol. The fourth-order valence-corrected chi connectivity index (χ4v) is 3.41. The number of ether oxygens (including phenoxy) is 1. The molecular weight excluding hydrogens is 242 g/mol. The van der Waals surface area contributed by atoms with E-state index in [0.29, 0.717) is 6.10 Å². The van der Waals surface area contributed by atoms with Crippen molar-refractivity contribution in [3.63, 3.8) is 0 Å². The molecule has 108 valence electrons. The highest BCUT2D eigenvalue weighted by Gasteiger charge is 2.20. The van der Waals surface area contributed by atoms with Gasteiger partial charge in [-0.15, -0.1) is 0 Å². The number of hydrogen-bond donors (Lipinski definition) is 1. The maximum Gasteiger partial charge on any atom is 0.0816 e. The van der Waals surface area contributed by atoms with Gasteiger partial charge in [-0.1, -0.05) is 58.3 Å². The Morgan fingerprint density at radius 3 is 2.39 bits per heavy atom. The van der Waals surface area contributed by atoms with Gasteiger partial charge in [-0.25, -0.2) is 0 Å². The molecule has 0 aromatic heterocycles.